The van der Waals surface area contributed by atoms with Gasteiger partial charge >= 0.3 is 0 Å². The number of nitrogens with zero attached hydrogens (tertiary/aromatic N) is 3. The molecule has 0 saturated carbocycles. The summed E-state index contributed by atoms with van der Waals surface area (Å²) in [4.78, 5) is 16.2. The number of anilines is 1. The van der Waals surface area contributed by atoms with Crippen LogP contribution in [-0.4, -0.2) is 26.3 Å². The number of carbonyl (C=O) groups excluding carboxylic acids is 1. The van der Waals surface area contributed by atoms with E-state index in [1.54, 1.807) is 11.8 Å². The molecule has 2 heterocycles. The summed E-state index contributed by atoms with van der Waals surface area (Å²) in [6.45, 7) is 2.78. The van der Waals surface area contributed by atoms with Crippen molar-refractivity contribution in [1.82, 2.24) is 14.8 Å². The van der Waals surface area contributed by atoms with E-state index >= 15 is 0 Å². The molecule has 0 saturated heterocycles. The van der Waals surface area contributed by atoms with E-state index in [-0.39, 0.29) is 5.78 Å². The van der Waals surface area contributed by atoms with Crippen molar-refractivity contribution in [3.8, 4) is 0 Å². The van der Waals surface area contributed by atoms with Gasteiger partial charge in [0.05, 0.1) is 12.2 Å². The van der Waals surface area contributed by atoms with E-state index < -0.39 is 0 Å². The van der Waals surface area contributed by atoms with Crippen molar-refractivity contribution in [3.05, 3.63) is 11.3 Å². The molecule has 90 valence electrons. The van der Waals surface area contributed by atoms with Crippen molar-refractivity contribution in [3.63, 3.8) is 0 Å². The molecule has 1 N–H and O–H groups in total. The number of carbonyl (C=O) groups is 1. The average molecular weight is 250 g/mol. The fraction of sp³-hybridized carbons (Fsp3) is 0.545. The third-order valence-electron chi connectivity index (χ3n) is 3.02. The van der Waals surface area contributed by atoms with Crippen LogP contribution in [0.25, 0.3) is 0 Å². The summed E-state index contributed by atoms with van der Waals surface area (Å²) in [7, 11) is 0. The largest absolute Gasteiger partial charge is 0.321 e. The van der Waals surface area contributed by atoms with Gasteiger partial charge < -0.3 is 5.32 Å². The van der Waals surface area contributed by atoms with Crippen molar-refractivity contribution in [1.29, 1.82) is 0 Å². The molecule has 1 aliphatic carbocycles. The van der Waals surface area contributed by atoms with E-state index in [0.29, 0.717) is 18.9 Å². The maximum atomic E-state index is 11.8. The second-order valence-corrected chi connectivity index (χ2v) is 5.42. The molecule has 0 amide bonds. The Bertz CT molecular complexity index is 506. The van der Waals surface area contributed by atoms with Crippen LogP contribution < -0.4 is 5.32 Å². The van der Waals surface area contributed by atoms with Gasteiger partial charge in [-0.25, -0.2) is 4.68 Å². The first-order valence-electron chi connectivity index (χ1n) is 5.88. The highest BCUT2D eigenvalue weighted by Crippen LogP contribution is 2.29. The van der Waals surface area contributed by atoms with E-state index in [9.17, 15) is 4.79 Å². The molecule has 6 heteroatoms. The summed E-state index contributed by atoms with van der Waals surface area (Å²) in [6.07, 6.45) is 2.60. The number of aromatic nitrogens is 3. The van der Waals surface area contributed by atoms with E-state index in [1.165, 1.54) is 5.57 Å². The summed E-state index contributed by atoms with van der Waals surface area (Å²) in [5.74, 6) is 1.87. The first kappa shape index (κ1) is 10.8. The van der Waals surface area contributed by atoms with Crippen LogP contribution in [0.3, 0.4) is 0 Å². The Morgan fingerprint density at radius 3 is 3.18 bits per heavy atom. The molecule has 0 fully saturated rings. The van der Waals surface area contributed by atoms with Gasteiger partial charge in [0.15, 0.2) is 5.78 Å². The Hall–Kier alpha value is -1.30. The number of hydrogen-bond donors (Lipinski definition) is 1. The van der Waals surface area contributed by atoms with Gasteiger partial charge in [0, 0.05) is 6.42 Å². The van der Waals surface area contributed by atoms with Crippen molar-refractivity contribution in [2.45, 2.75) is 37.9 Å². The molecule has 1 aromatic heterocycles. The number of fused-ring (bicyclic) bond motifs is 1. The molecule has 0 spiro atoms. The maximum absolute atomic E-state index is 11.8. The van der Waals surface area contributed by atoms with Gasteiger partial charge in [0.1, 0.15) is 0 Å². The topological polar surface area (TPSA) is 59.8 Å². The van der Waals surface area contributed by atoms with Crippen LogP contribution in [0.4, 0.5) is 5.95 Å². The van der Waals surface area contributed by atoms with Gasteiger partial charge in [0.2, 0.25) is 11.1 Å². The zero-order chi connectivity index (χ0) is 11.8. The van der Waals surface area contributed by atoms with Gasteiger partial charge in [-0.15, -0.1) is 5.10 Å². The minimum atomic E-state index is 0.213. The van der Waals surface area contributed by atoms with Gasteiger partial charge in [-0.3, -0.25) is 4.79 Å². The highest BCUT2D eigenvalue weighted by atomic mass is 32.2. The van der Waals surface area contributed by atoms with Crippen molar-refractivity contribution >= 4 is 23.5 Å². The molecule has 0 aromatic carbocycles. The third kappa shape index (κ3) is 1.86. The second kappa shape index (κ2) is 4.18. The fourth-order valence-electron chi connectivity index (χ4n) is 2.23. The molecule has 0 bridgehead atoms. The van der Waals surface area contributed by atoms with Crippen LogP contribution in [0.5, 0.6) is 0 Å². The highest BCUT2D eigenvalue weighted by molar-refractivity contribution is 7.99. The van der Waals surface area contributed by atoms with Crippen LogP contribution in [0.2, 0.25) is 0 Å². The Kier molecular flexibility index (Phi) is 2.66. The summed E-state index contributed by atoms with van der Waals surface area (Å²) in [5.41, 5.74) is 1.94. The average Bonchev–Trinajstić information content (AvgIpc) is 2.69. The number of Topliss-reactive ketones (excluding diaryl/α,β-unsaturated/α-hetero) is 1. The highest BCUT2D eigenvalue weighted by Gasteiger charge is 2.27. The molecule has 0 atom stereocenters. The number of hydrogen-bond acceptors (Lipinski definition) is 5. The number of thioether (sulfide) groups is 1. The summed E-state index contributed by atoms with van der Waals surface area (Å²) < 4.78 is 1.86. The number of allylic oxidation sites excluding steroid dienone is 2. The Morgan fingerprint density at radius 1 is 1.47 bits per heavy atom. The van der Waals surface area contributed by atoms with E-state index in [4.69, 9.17) is 0 Å². The van der Waals surface area contributed by atoms with Crippen LogP contribution in [-0.2, 0) is 11.3 Å². The van der Waals surface area contributed by atoms with Crippen LogP contribution >= 0.6 is 11.8 Å². The monoisotopic (exact) mass is 250 g/mol. The molecule has 17 heavy (non-hydrogen) atoms. The Morgan fingerprint density at radius 2 is 2.35 bits per heavy atom. The lowest BCUT2D eigenvalue weighted by Gasteiger charge is -2.24. The summed E-state index contributed by atoms with van der Waals surface area (Å²) >= 11 is 1.62. The first-order chi connectivity index (χ1) is 8.28. The van der Waals surface area contributed by atoms with Gasteiger partial charge in [-0.2, -0.15) is 4.98 Å². The van der Waals surface area contributed by atoms with Gasteiger partial charge in [0.25, 0.3) is 0 Å². The molecule has 2 aliphatic rings. The van der Waals surface area contributed by atoms with Crippen LogP contribution in [0, 0.1) is 0 Å². The second-order valence-electron chi connectivity index (χ2n) is 4.19. The summed E-state index contributed by atoms with van der Waals surface area (Å²) in [5, 5.41) is 8.33. The lowest BCUT2D eigenvalue weighted by Crippen LogP contribution is -2.26. The predicted molar refractivity (Wildman–Crippen MR) is 65.9 cm³/mol. The van der Waals surface area contributed by atoms with E-state index in [0.717, 1.165) is 29.4 Å². The molecule has 0 unspecified atom stereocenters. The molecule has 1 aromatic rings. The van der Waals surface area contributed by atoms with Gasteiger partial charge in [-0.05, 0) is 24.2 Å². The SMILES string of the molecule is CCSc1nc2n(n1)CC1=C(N2)C(=O)CCC1. The quantitative estimate of drug-likeness (QED) is 0.811. The van der Waals surface area contributed by atoms with Gasteiger partial charge in [-0.1, -0.05) is 18.7 Å². The normalized spacial score (nSPS) is 18.8. The van der Waals surface area contributed by atoms with E-state index in [2.05, 4.69) is 22.3 Å². The van der Waals surface area contributed by atoms with E-state index in [1.807, 2.05) is 4.68 Å². The van der Waals surface area contributed by atoms with Crippen molar-refractivity contribution in [2.75, 3.05) is 11.1 Å². The van der Waals surface area contributed by atoms with Crippen LogP contribution in [0.1, 0.15) is 26.2 Å². The predicted octanol–water partition coefficient (Wildman–Crippen LogP) is 1.82. The standard InChI is InChI=1S/C11H14N4OS/c1-2-17-11-13-10-12-9-7(6-15(10)14-11)4-3-5-8(9)16/h2-6H2,1H3,(H,12,13,14). The molecule has 5 nitrogen and oxygen atoms in total. The molecule has 1 aliphatic heterocycles. The molecular formula is C11H14N4OS. The Labute approximate surface area is 104 Å². The number of nitrogens with one attached hydrogen (secondary N) is 1. The number of rotatable bonds is 2. The lowest BCUT2D eigenvalue weighted by molar-refractivity contribution is -0.116. The zero-order valence-electron chi connectivity index (χ0n) is 9.69. The summed E-state index contributed by atoms with van der Waals surface area (Å²) in [6, 6.07) is 0. The first-order valence-corrected chi connectivity index (χ1v) is 6.86. The molecular weight excluding hydrogens is 236 g/mol. The molecule has 3 rings (SSSR count). The number of ketones is 1. The third-order valence-corrected chi connectivity index (χ3v) is 3.74. The minimum Gasteiger partial charge on any atom is -0.321 e. The minimum absolute atomic E-state index is 0.213. The smallest absolute Gasteiger partial charge is 0.227 e. The fourth-order valence-corrected chi connectivity index (χ4v) is 2.80. The zero-order valence-corrected chi connectivity index (χ0v) is 10.5. The van der Waals surface area contributed by atoms with Crippen molar-refractivity contribution < 1.29 is 4.79 Å². The Balaban J connectivity index is 1.91. The van der Waals surface area contributed by atoms with Crippen molar-refractivity contribution in [2.24, 2.45) is 0 Å². The lowest BCUT2D eigenvalue weighted by atomic mass is 9.94. The molecule has 0 radical (unpaired) electrons. The maximum Gasteiger partial charge on any atom is 0.227 e. The van der Waals surface area contributed by atoms with Crippen LogP contribution in [0.15, 0.2) is 16.4 Å².